The summed E-state index contributed by atoms with van der Waals surface area (Å²) in [6.07, 6.45) is 2.15. The lowest BCUT2D eigenvalue weighted by Crippen LogP contribution is -2.44. The van der Waals surface area contributed by atoms with E-state index in [0.717, 1.165) is 13.0 Å². The number of rotatable bonds is 4. The molecular formula is C10H18N2O2. The number of nitrogens with zero attached hydrogens (tertiary/aromatic N) is 1. The molecular weight excluding hydrogens is 180 g/mol. The van der Waals surface area contributed by atoms with E-state index in [1.165, 1.54) is 0 Å². The Kier molecular flexibility index (Phi) is 4.10. The third-order valence-corrected chi connectivity index (χ3v) is 2.54. The van der Waals surface area contributed by atoms with Gasteiger partial charge in [0.1, 0.15) is 0 Å². The zero-order valence-corrected chi connectivity index (χ0v) is 8.57. The maximum absolute atomic E-state index is 11.5. The fourth-order valence-electron chi connectivity index (χ4n) is 1.61. The van der Waals surface area contributed by atoms with Crippen molar-refractivity contribution in [2.75, 3.05) is 19.6 Å². The maximum atomic E-state index is 11.5. The molecule has 1 amide bonds. The first-order valence-electron chi connectivity index (χ1n) is 4.96. The van der Waals surface area contributed by atoms with Crippen LogP contribution in [-0.4, -0.2) is 47.7 Å². The second-order valence-electron chi connectivity index (χ2n) is 3.65. The summed E-state index contributed by atoms with van der Waals surface area (Å²) >= 11 is 0. The van der Waals surface area contributed by atoms with E-state index in [0.29, 0.717) is 13.1 Å². The molecule has 0 aromatic heterocycles. The van der Waals surface area contributed by atoms with Crippen LogP contribution in [0, 0.1) is 0 Å². The van der Waals surface area contributed by atoms with Crippen molar-refractivity contribution in [2.24, 2.45) is 0 Å². The molecule has 1 saturated heterocycles. The number of amides is 1. The van der Waals surface area contributed by atoms with Crippen molar-refractivity contribution < 1.29 is 9.90 Å². The lowest BCUT2D eigenvalue weighted by molar-refractivity contribution is -0.125. The van der Waals surface area contributed by atoms with Gasteiger partial charge >= 0.3 is 0 Å². The van der Waals surface area contributed by atoms with Crippen LogP contribution in [0.4, 0.5) is 0 Å². The van der Waals surface area contributed by atoms with Crippen LogP contribution in [-0.2, 0) is 4.79 Å². The van der Waals surface area contributed by atoms with E-state index in [4.69, 9.17) is 0 Å². The Morgan fingerprint density at radius 1 is 1.86 bits per heavy atom. The summed E-state index contributed by atoms with van der Waals surface area (Å²) in [4.78, 5) is 13.5. The molecule has 1 aliphatic heterocycles. The number of aliphatic hydroxyl groups excluding tert-OH is 1. The predicted molar refractivity (Wildman–Crippen MR) is 54.9 cm³/mol. The molecule has 1 fully saturated rings. The number of β-amino-alcohol motifs (C(OH)–C–C–N with tert-alkyl or cyclic N) is 1. The van der Waals surface area contributed by atoms with E-state index in [-0.39, 0.29) is 18.1 Å². The lowest BCUT2D eigenvalue weighted by atomic mass is 10.3. The normalized spacial score (nSPS) is 24.6. The van der Waals surface area contributed by atoms with E-state index < -0.39 is 0 Å². The van der Waals surface area contributed by atoms with Gasteiger partial charge in [-0.1, -0.05) is 6.08 Å². The average molecular weight is 198 g/mol. The summed E-state index contributed by atoms with van der Waals surface area (Å²) in [6, 6.07) is -0.160. The average Bonchev–Trinajstić information content (AvgIpc) is 2.60. The molecule has 0 saturated carbocycles. The molecule has 4 nitrogen and oxygen atoms in total. The van der Waals surface area contributed by atoms with Crippen LogP contribution in [0.15, 0.2) is 12.7 Å². The highest BCUT2D eigenvalue weighted by atomic mass is 16.3. The van der Waals surface area contributed by atoms with Crippen LogP contribution in [0.2, 0.25) is 0 Å². The number of hydrogen-bond acceptors (Lipinski definition) is 3. The van der Waals surface area contributed by atoms with Crippen LogP contribution >= 0.6 is 0 Å². The van der Waals surface area contributed by atoms with Gasteiger partial charge in [-0.2, -0.15) is 0 Å². The number of nitrogens with one attached hydrogen (secondary N) is 1. The van der Waals surface area contributed by atoms with Gasteiger partial charge in [0.25, 0.3) is 0 Å². The van der Waals surface area contributed by atoms with Gasteiger partial charge in [-0.15, -0.1) is 6.58 Å². The second kappa shape index (κ2) is 5.12. The predicted octanol–water partition coefficient (Wildman–Crippen LogP) is -0.256. The second-order valence-corrected chi connectivity index (χ2v) is 3.65. The summed E-state index contributed by atoms with van der Waals surface area (Å²) in [7, 11) is 0. The number of hydrogen-bond donors (Lipinski definition) is 2. The smallest absolute Gasteiger partial charge is 0.237 e. The summed E-state index contributed by atoms with van der Waals surface area (Å²) in [5.74, 6) is -0.000926. The van der Waals surface area contributed by atoms with Gasteiger partial charge in [0.05, 0.1) is 12.1 Å². The van der Waals surface area contributed by atoms with Crippen LogP contribution < -0.4 is 5.32 Å². The molecule has 4 heteroatoms. The van der Waals surface area contributed by atoms with Gasteiger partial charge in [-0.05, 0) is 13.3 Å². The molecule has 1 aliphatic rings. The molecule has 2 atom stereocenters. The number of aliphatic hydroxyl groups is 1. The number of carbonyl (C=O) groups is 1. The summed E-state index contributed by atoms with van der Waals surface area (Å²) in [5, 5.41) is 12.1. The minimum atomic E-state index is -0.273. The molecule has 2 N–H and O–H groups in total. The first-order chi connectivity index (χ1) is 6.65. The Hall–Kier alpha value is -0.870. The van der Waals surface area contributed by atoms with Gasteiger partial charge in [0.2, 0.25) is 5.91 Å². The molecule has 2 unspecified atom stereocenters. The van der Waals surface area contributed by atoms with Gasteiger partial charge in [0.15, 0.2) is 0 Å². The van der Waals surface area contributed by atoms with Crippen molar-refractivity contribution in [1.82, 2.24) is 10.2 Å². The Labute approximate surface area is 84.6 Å². The molecule has 0 aliphatic carbocycles. The highest BCUT2D eigenvalue weighted by Crippen LogP contribution is 2.12. The van der Waals surface area contributed by atoms with Gasteiger partial charge in [0, 0.05) is 19.6 Å². The lowest BCUT2D eigenvalue weighted by Gasteiger charge is -2.22. The zero-order chi connectivity index (χ0) is 10.6. The Bertz CT molecular complexity index is 218. The molecule has 0 spiro atoms. The third kappa shape index (κ3) is 2.82. The van der Waals surface area contributed by atoms with Crippen LogP contribution in [0.5, 0.6) is 0 Å². The Balaban J connectivity index is 2.36. The maximum Gasteiger partial charge on any atom is 0.237 e. The van der Waals surface area contributed by atoms with Crippen molar-refractivity contribution in [3.63, 3.8) is 0 Å². The first kappa shape index (κ1) is 11.2. The minimum absolute atomic E-state index is 0.000926. The Morgan fingerprint density at radius 3 is 3.07 bits per heavy atom. The van der Waals surface area contributed by atoms with E-state index in [1.54, 1.807) is 6.08 Å². The Morgan fingerprint density at radius 2 is 2.57 bits per heavy atom. The van der Waals surface area contributed by atoms with Crippen molar-refractivity contribution in [1.29, 1.82) is 0 Å². The van der Waals surface area contributed by atoms with Crippen molar-refractivity contribution >= 4 is 5.91 Å². The molecule has 0 radical (unpaired) electrons. The highest BCUT2D eigenvalue weighted by Gasteiger charge is 2.27. The first-order valence-corrected chi connectivity index (χ1v) is 4.96. The third-order valence-electron chi connectivity index (χ3n) is 2.54. The zero-order valence-electron chi connectivity index (χ0n) is 8.57. The van der Waals surface area contributed by atoms with E-state index in [9.17, 15) is 9.90 Å². The fraction of sp³-hybridized carbons (Fsp3) is 0.700. The van der Waals surface area contributed by atoms with E-state index >= 15 is 0 Å². The van der Waals surface area contributed by atoms with Crippen molar-refractivity contribution in [2.45, 2.75) is 25.5 Å². The van der Waals surface area contributed by atoms with Crippen LogP contribution in [0.3, 0.4) is 0 Å². The van der Waals surface area contributed by atoms with E-state index in [1.807, 2.05) is 11.8 Å². The molecule has 0 aromatic carbocycles. The summed E-state index contributed by atoms with van der Waals surface area (Å²) < 4.78 is 0. The minimum Gasteiger partial charge on any atom is -0.392 e. The number of carbonyl (C=O) groups excluding carboxylic acids is 1. The van der Waals surface area contributed by atoms with Crippen LogP contribution in [0.1, 0.15) is 13.3 Å². The van der Waals surface area contributed by atoms with Gasteiger partial charge < -0.3 is 10.4 Å². The monoisotopic (exact) mass is 198 g/mol. The van der Waals surface area contributed by atoms with E-state index in [2.05, 4.69) is 11.9 Å². The summed E-state index contributed by atoms with van der Waals surface area (Å²) in [6.45, 7) is 7.29. The standard InChI is InChI=1S/C10H18N2O2/c1-3-5-11-10(14)8(2)12-6-4-9(13)7-12/h3,8-9,13H,1,4-7H2,2H3,(H,11,14). The number of likely N-dealkylation sites (tertiary alicyclic amines) is 1. The highest BCUT2D eigenvalue weighted by molar-refractivity contribution is 5.81. The molecule has 0 bridgehead atoms. The quantitative estimate of drug-likeness (QED) is 0.612. The van der Waals surface area contributed by atoms with Crippen LogP contribution in [0.25, 0.3) is 0 Å². The molecule has 0 aromatic rings. The molecule has 1 rings (SSSR count). The van der Waals surface area contributed by atoms with Gasteiger partial charge in [-0.25, -0.2) is 0 Å². The molecule has 1 heterocycles. The SMILES string of the molecule is C=CCNC(=O)C(C)N1CCC(O)C1. The van der Waals surface area contributed by atoms with Crippen molar-refractivity contribution in [3.05, 3.63) is 12.7 Å². The molecule has 14 heavy (non-hydrogen) atoms. The fourth-order valence-corrected chi connectivity index (χ4v) is 1.61. The summed E-state index contributed by atoms with van der Waals surface area (Å²) in [5.41, 5.74) is 0. The molecule has 80 valence electrons. The van der Waals surface area contributed by atoms with Gasteiger partial charge in [-0.3, -0.25) is 9.69 Å². The largest absolute Gasteiger partial charge is 0.392 e. The topological polar surface area (TPSA) is 52.6 Å². The van der Waals surface area contributed by atoms with Crippen molar-refractivity contribution in [3.8, 4) is 0 Å².